The summed E-state index contributed by atoms with van der Waals surface area (Å²) >= 11 is 0. The maximum absolute atomic E-state index is 8.46. The van der Waals surface area contributed by atoms with Crippen LogP contribution in [0.2, 0.25) is 0 Å². The third-order valence-electron chi connectivity index (χ3n) is 1.12. The molecule has 0 spiro atoms. The summed E-state index contributed by atoms with van der Waals surface area (Å²) in [6.07, 6.45) is 0.993. The van der Waals surface area contributed by atoms with Crippen LogP contribution in [0.4, 0.5) is 0 Å². The summed E-state index contributed by atoms with van der Waals surface area (Å²) in [4.78, 5) is 0. The molecule has 0 saturated heterocycles. The van der Waals surface area contributed by atoms with Crippen molar-refractivity contribution < 1.29 is 5.11 Å². The second-order valence-corrected chi connectivity index (χ2v) is 1.58. The standard InChI is InChI=1S/C5H13NO.ClH/c1-3-5(4-7)6-2;/h5-7H,3-4H2,1-2H3;1H/t5-;/m1./s1. The van der Waals surface area contributed by atoms with Crippen molar-refractivity contribution in [2.24, 2.45) is 0 Å². The molecule has 0 unspecified atom stereocenters. The molecule has 0 aromatic rings. The smallest absolute Gasteiger partial charge is 0.0584 e. The van der Waals surface area contributed by atoms with Gasteiger partial charge in [-0.2, -0.15) is 0 Å². The summed E-state index contributed by atoms with van der Waals surface area (Å²) in [6.45, 7) is 2.28. The molecule has 2 nitrogen and oxygen atoms in total. The molecule has 0 saturated carbocycles. The van der Waals surface area contributed by atoms with Gasteiger partial charge in [-0.3, -0.25) is 0 Å². The topological polar surface area (TPSA) is 32.3 Å². The van der Waals surface area contributed by atoms with Gasteiger partial charge in [0.1, 0.15) is 0 Å². The highest BCUT2D eigenvalue weighted by Crippen LogP contribution is 1.84. The molecule has 8 heavy (non-hydrogen) atoms. The van der Waals surface area contributed by atoms with E-state index in [2.05, 4.69) is 5.32 Å². The van der Waals surface area contributed by atoms with Crippen LogP contribution in [0.3, 0.4) is 0 Å². The first-order valence-corrected chi connectivity index (χ1v) is 2.63. The fourth-order valence-electron chi connectivity index (χ4n) is 0.425. The van der Waals surface area contributed by atoms with Gasteiger partial charge in [0.15, 0.2) is 0 Å². The lowest BCUT2D eigenvalue weighted by atomic mass is 10.2. The van der Waals surface area contributed by atoms with Crippen LogP contribution < -0.4 is 5.32 Å². The van der Waals surface area contributed by atoms with Crippen molar-refractivity contribution in [2.45, 2.75) is 19.4 Å². The van der Waals surface area contributed by atoms with Crippen molar-refractivity contribution in [3.8, 4) is 0 Å². The second kappa shape index (κ2) is 7.21. The van der Waals surface area contributed by atoms with E-state index in [0.29, 0.717) is 6.04 Å². The third kappa shape index (κ3) is 4.37. The Labute approximate surface area is 56.7 Å². The van der Waals surface area contributed by atoms with Crippen LogP contribution in [-0.4, -0.2) is 24.8 Å². The van der Waals surface area contributed by atoms with Gasteiger partial charge in [-0.25, -0.2) is 0 Å². The van der Waals surface area contributed by atoms with E-state index in [1.807, 2.05) is 14.0 Å². The number of likely N-dealkylation sites (N-methyl/N-ethyl adjacent to an activating group) is 1. The predicted octanol–water partition coefficient (Wildman–Crippen LogP) is 0.399. The van der Waals surface area contributed by atoms with Gasteiger partial charge in [0.25, 0.3) is 0 Å². The SMILES string of the molecule is CC[C@H](CO)NC.Cl. The van der Waals surface area contributed by atoms with Crippen molar-refractivity contribution in [2.75, 3.05) is 13.7 Å². The molecule has 1 atom stereocenters. The van der Waals surface area contributed by atoms with Crippen molar-refractivity contribution >= 4 is 12.4 Å². The minimum absolute atomic E-state index is 0. The Morgan fingerprint density at radius 2 is 2.12 bits per heavy atom. The van der Waals surface area contributed by atoms with Crippen LogP contribution in [-0.2, 0) is 0 Å². The highest BCUT2D eigenvalue weighted by Gasteiger charge is 1.95. The molecule has 0 bridgehead atoms. The largest absolute Gasteiger partial charge is 0.395 e. The number of aliphatic hydroxyl groups excluding tert-OH is 1. The van der Waals surface area contributed by atoms with E-state index < -0.39 is 0 Å². The normalized spacial score (nSPS) is 12.4. The highest BCUT2D eigenvalue weighted by molar-refractivity contribution is 5.85. The number of rotatable bonds is 3. The lowest BCUT2D eigenvalue weighted by molar-refractivity contribution is 0.245. The Balaban J connectivity index is 0. The first-order chi connectivity index (χ1) is 3.35. The molecule has 0 amide bonds. The Hall–Kier alpha value is 0.210. The predicted molar refractivity (Wildman–Crippen MR) is 37.5 cm³/mol. The molecule has 0 aromatic heterocycles. The zero-order chi connectivity index (χ0) is 5.70. The maximum atomic E-state index is 8.46. The van der Waals surface area contributed by atoms with Crippen molar-refractivity contribution in [3.63, 3.8) is 0 Å². The van der Waals surface area contributed by atoms with E-state index in [4.69, 9.17) is 5.11 Å². The number of hydrogen-bond donors (Lipinski definition) is 2. The first-order valence-electron chi connectivity index (χ1n) is 2.63. The Morgan fingerprint density at radius 3 is 2.12 bits per heavy atom. The summed E-state index contributed by atoms with van der Waals surface area (Å²) in [5, 5.41) is 11.4. The molecular formula is C5H14ClNO. The summed E-state index contributed by atoms with van der Waals surface area (Å²) < 4.78 is 0. The summed E-state index contributed by atoms with van der Waals surface area (Å²) in [6, 6.07) is 0.292. The van der Waals surface area contributed by atoms with Crippen molar-refractivity contribution in [1.29, 1.82) is 0 Å². The average Bonchev–Trinajstić information content (AvgIpc) is 1.72. The molecule has 0 aliphatic carbocycles. The molecule has 0 aliphatic heterocycles. The van der Waals surface area contributed by atoms with E-state index in [1.165, 1.54) is 0 Å². The molecule has 2 N–H and O–H groups in total. The van der Waals surface area contributed by atoms with Gasteiger partial charge in [-0.1, -0.05) is 6.92 Å². The van der Waals surface area contributed by atoms with Crippen LogP contribution in [0.25, 0.3) is 0 Å². The zero-order valence-corrected chi connectivity index (χ0v) is 6.16. The van der Waals surface area contributed by atoms with Gasteiger partial charge >= 0.3 is 0 Å². The van der Waals surface area contributed by atoms with Crippen LogP contribution in [0, 0.1) is 0 Å². The lowest BCUT2D eigenvalue weighted by Gasteiger charge is -2.07. The van der Waals surface area contributed by atoms with Crippen LogP contribution in [0.15, 0.2) is 0 Å². The lowest BCUT2D eigenvalue weighted by Crippen LogP contribution is -2.27. The van der Waals surface area contributed by atoms with Crippen LogP contribution >= 0.6 is 12.4 Å². The average molecular weight is 140 g/mol. The first kappa shape index (κ1) is 11.1. The quantitative estimate of drug-likeness (QED) is 0.594. The highest BCUT2D eigenvalue weighted by atomic mass is 35.5. The van der Waals surface area contributed by atoms with Crippen LogP contribution in [0.1, 0.15) is 13.3 Å². The van der Waals surface area contributed by atoms with Gasteiger partial charge in [-0.15, -0.1) is 12.4 Å². The molecule has 52 valence electrons. The summed E-state index contributed by atoms with van der Waals surface area (Å²) in [5.41, 5.74) is 0. The van der Waals surface area contributed by atoms with E-state index in [0.717, 1.165) is 6.42 Å². The fourth-order valence-corrected chi connectivity index (χ4v) is 0.425. The van der Waals surface area contributed by atoms with E-state index in [9.17, 15) is 0 Å². The van der Waals surface area contributed by atoms with Gasteiger partial charge in [0.2, 0.25) is 0 Å². The monoisotopic (exact) mass is 139 g/mol. The third-order valence-corrected chi connectivity index (χ3v) is 1.12. The number of halogens is 1. The Kier molecular flexibility index (Phi) is 9.97. The van der Waals surface area contributed by atoms with E-state index in [-0.39, 0.29) is 19.0 Å². The summed E-state index contributed by atoms with van der Waals surface area (Å²) in [5.74, 6) is 0. The van der Waals surface area contributed by atoms with E-state index >= 15 is 0 Å². The van der Waals surface area contributed by atoms with Crippen molar-refractivity contribution in [3.05, 3.63) is 0 Å². The second-order valence-electron chi connectivity index (χ2n) is 1.58. The van der Waals surface area contributed by atoms with E-state index in [1.54, 1.807) is 0 Å². The van der Waals surface area contributed by atoms with Gasteiger partial charge in [0.05, 0.1) is 6.61 Å². The van der Waals surface area contributed by atoms with Gasteiger partial charge < -0.3 is 10.4 Å². The Bertz CT molecular complexity index is 33.9. The number of hydrogen-bond acceptors (Lipinski definition) is 2. The maximum Gasteiger partial charge on any atom is 0.0584 e. The molecular weight excluding hydrogens is 126 g/mol. The number of nitrogens with one attached hydrogen (secondary N) is 1. The fraction of sp³-hybridized carbons (Fsp3) is 1.00. The minimum atomic E-state index is 0. The molecule has 0 aliphatic rings. The Morgan fingerprint density at radius 1 is 1.62 bits per heavy atom. The molecule has 0 rings (SSSR count). The summed E-state index contributed by atoms with van der Waals surface area (Å²) in [7, 11) is 1.85. The van der Waals surface area contributed by atoms with Gasteiger partial charge in [-0.05, 0) is 13.5 Å². The molecule has 0 fully saturated rings. The molecule has 0 heterocycles. The zero-order valence-electron chi connectivity index (χ0n) is 5.35. The van der Waals surface area contributed by atoms with Crippen molar-refractivity contribution in [1.82, 2.24) is 5.32 Å². The minimum Gasteiger partial charge on any atom is -0.395 e. The van der Waals surface area contributed by atoms with Crippen LogP contribution in [0.5, 0.6) is 0 Å². The number of aliphatic hydroxyl groups is 1. The van der Waals surface area contributed by atoms with Gasteiger partial charge in [0, 0.05) is 6.04 Å². The molecule has 0 radical (unpaired) electrons. The molecule has 3 heteroatoms. The molecule has 0 aromatic carbocycles.